The van der Waals surface area contributed by atoms with Crippen molar-refractivity contribution in [2.45, 2.75) is 32.2 Å². The Morgan fingerprint density at radius 3 is 2.83 bits per heavy atom. The molecule has 1 aromatic rings. The van der Waals surface area contributed by atoms with Gasteiger partial charge in [0, 0.05) is 23.2 Å². The summed E-state index contributed by atoms with van der Waals surface area (Å²) in [5.74, 6) is 0.0525. The fourth-order valence-corrected chi connectivity index (χ4v) is 2.55. The van der Waals surface area contributed by atoms with E-state index in [-0.39, 0.29) is 5.91 Å². The summed E-state index contributed by atoms with van der Waals surface area (Å²) in [5.41, 5.74) is 0.765. The molecule has 0 unspecified atom stereocenters. The van der Waals surface area contributed by atoms with Gasteiger partial charge in [0.2, 0.25) is 5.91 Å². The number of likely N-dealkylation sites (tertiary alicyclic amines) is 1. The number of rotatable bonds is 4. The summed E-state index contributed by atoms with van der Waals surface area (Å²) in [6.07, 6.45) is 3.03. The maximum atomic E-state index is 11.9. The highest BCUT2D eigenvalue weighted by molar-refractivity contribution is 6.30. The van der Waals surface area contributed by atoms with Gasteiger partial charge in [-0.2, -0.15) is 0 Å². The Labute approximate surface area is 113 Å². The molecule has 0 spiro atoms. The fourth-order valence-electron chi connectivity index (χ4n) is 2.36. The molecule has 1 heterocycles. The van der Waals surface area contributed by atoms with E-state index in [1.54, 1.807) is 12.1 Å². The summed E-state index contributed by atoms with van der Waals surface area (Å²) in [7, 11) is 0. The predicted octanol–water partition coefficient (Wildman–Crippen LogP) is 3.15. The number of hydrogen-bond donors (Lipinski definition) is 1. The number of carbonyl (C=O) groups excluding carboxylic acids is 1. The molecule has 1 aliphatic rings. The summed E-state index contributed by atoms with van der Waals surface area (Å²) in [6.45, 7) is 4.35. The van der Waals surface area contributed by atoms with Crippen LogP contribution in [0.2, 0.25) is 5.02 Å². The van der Waals surface area contributed by atoms with Crippen LogP contribution in [0.25, 0.3) is 0 Å². The summed E-state index contributed by atoms with van der Waals surface area (Å²) in [4.78, 5) is 14.3. The van der Waals surface area contributed by atoms with Crippen LogP contribution in [0.3, 0.4) is 0 Å². The molecule has 0 radical (unpaired) electrons. The number of nitrogens with one attached hydrogen (secondary N) is 1. The van der Waals surface area contributed by atoms with Crippen LogP contribution in [0, 0.1) is 0 Å². The largest absolute Gasteiger partial charge is 0.326 e. The first kappa shape index (κ1) is 13.4. The van der Waals surface area contributed by atoms with Gasteiger partial charge in [-0.15, -0.1) is 0 Å². The van der Waals surface area contributed by atoms with Crippen LogP contribution in [0.15, 0.2) is 24.3 Å². The van der Waals surface area contributed by atoms with Gasteiger partial charge in [-0.3, -0.25) is 4.79 Å². The summed E-state index contributed by atoms with van der Waals surface area (Å²) in [6, 6.07) is 7.56. The number of nitrogens with zero attached hydrogens (tertiary/aromatic N) is 1. The third kappa shape index (κ3) is 3.72. The van der Waals surface area contributed by atoms with Crippen molar-refractivity contribution in [1.29, 1.82) is 0 Å². The van der Waals surface area contributed by atoms with E-state index in [1.165, 1.54) is 12.8 Å². The Kier molecular flexibility index (Phi) is 4.61. The molecule has 98 valence electrons. The highest BCUT2D eigenvalue weighted by Crippen LogP contribution is 2.17. The van der Waals surface area contributed by atoms with Gasteiger partial charge in [0.05, 0.1) is 0 Å². The first-order valence-corrected chi connectivity index (χ1v) is 6.82. The average molecular weight is 267 g/mol. The molecule has 1 amide bonds. The van der Waals surface area contributed by atoms with Gasteiger partial charge in [-0.1, -0.05) is 17.7 Å². The van der Waals surface area contributed by atoms with Crippen LogP contribution < -0.4 is 5.32 Å². The molecule has 0 aromatic heterocycles. The van der Waals surface area contributed by atoms with Crippen molar-refractivity contribution in [2.24, 2.45) is 0 Å². The van der Waals surface area contributed by atoms with Gasteiger partial charge in [0.15, 0.2) is 0 Å². The Bertz CT molecular complexity index is 416. The number of hydrogen-bond acceptors (Lipinski definition) is 2. The van der Waals surface area contributed by atoms with Crippen molar-refractivity contribution >= 4 is 23.2 Å². The molecule has 1 saturated heterocycles. The van der Waals surface area contributed by atoms with Crippen molar-refractivity contribution in [3.63, 3.8) is 0 Å². The zero-order valence-electron chi connectivity index (χ0n) is 10.7. The minimum atomic E-state index is 0.0525. The van der Waals surface area contributed by atoms with E-state index >= 15 is 0 Å². The van der Waals surface area contributed by atoms with Crippen LogP contribution in [-0.2, 0) is 4.79 Å². The molecule has 0 bridgehead atoms. The molecule has 1 aliphatic heterocycles. The molecule has 1 aromatic carbocycles. The third-order valence-electron chi connectivity index (χ3n) is 3.35. The standard InChI is InChI=1S/C14H19ClN2O/c1-11(17-7-2-3-8-17)9-14(18)16-13-6-4-5-12(15)10-13/h4-6,10-11H,2-3,7-9H2,1H3,(H,16,18)/t11-/m0/s1. The van der Waals surface area contributed by atoms with Crippen molar-refractivity contribution in [1.82, 2.24) is 4.90 Å². The van der Waals surface area contributed by atoms with E-state index in [9.17, 15) is 4.79 Å². The fraction of sp³-hybridized carbons (Fsp3) is 0.500. The maximum Gasteiger partial charge on any atom is 0.225 e. The quantitative estimate of drug-likeness (QED) is 0.908. The zero-order chi connectivity index (χ0) is 13.0. The molecular weight excluding hydrogens is 248 g/mol. The Hall–Kier alpha value is -1.06. The van der Waals surface area contributed by atoms with Crippen LogP contribution >= 0.6 is 11.6 Å². The van der Waals surface area contributed by atoms with E-state index in [2.05, 4.69) is 17.1 Å². The van der Waals surface area contributed by atoms with Gasteiger partial charge >= 0.3 is 0 Å². The number of anilines is 1. The van der Waals surface area contributed by atoms with Crippen LogP contribution in [0.4, 0.5) is 5.69 Å². The number of amides is 1. The van der Waals surface area contributed by atoms with Crippen molar-refractivity contribution < 1.29 is 4.79 Å². The smallest absolute Gasteiger partial charge is 0.225 e. The van der Waals surface area contributed by atoms with Crippen molar-refractivity contribution in [3.05, 3.63) is 29.3 Å². The summed E-state index contributed by atoms with van der Waals surface area (Å²) < 4.78 is 0. The minimum absolute atomic E-state index is 0.0525. The van der Waals surface area contributed by atoms with Crippen LogP contribution in [0.1, 0.15) is 26.2 Å². The molecule has 2 rings (SSSR count). The first-order chi connectivity index (χ1) is 8.65. The van der Waals surface area contributed by atoms with Crippen LogP contribution in [0.5, 0.6) is 0 Å². The zero-order valence-corrected chi connectivity index (χ0v) is 11.4. The second-order valence-corrected chi connectivity index (χ2v) is 5.29. The van der Waals surface area contributed by atoms with E-state index < -0.39 is 0 Å². The van der Waals surface area contributed by atoms with Crippen molar-refractivity contribution in [3.8, 4) is 0 Å². The molecule has 1 atom stereocenters. The molecule has 1 fully saturated rings. The average Bonchev–Trinajstić information content (AvgIpc) is 2.81. The Balaban J connectivity index is 1.84. The molecule has 18 heavy (non-hydrogen) atoms. The minimum Gasteiger partial charge on any atom is -0.326 e. The molecule has 3 nitrogen and oxygen atoms in total. The monoisotopic (exact) mass is 266 g/mol. The second-order valence-electron chi connectivity index (χ2n) is 4.85. The maximum absolute atomic E-state index is 11.9. The van der Waals surface area contributed by atoms with E-state index in [0.717, 1.165) is 18.8 Å². The first-order valence-electron chi connectivity index (χ1n) is 6.44. The Morgan fingerprint density at radius 1 is 1.44 bits per heavy atom. The van der Waals surface area contributed by atoms with Crippen molar-refractivity contribution in [2.75, 3.05) is 18.4 Å². The van der Waals surface area contributed by atoms with Gasteiger partial charge in [-0.25, -0.2) is 0 Å². The summed E-state index contributed by atoms with van der Waals surface area (Å²) in [5, 5.41) is 3.53. The lowest BCUT2D eigenvalue weighted by Gasteiger charge is -2.23. The van der Waals surface area contributed by atoms with E-state index in [0.29, 0.717) is 17.5 Å². The molecular formula is C14H19ClN2O. The lowest BCUT2D eigenvalue weighted by Crippen LogP contribution is -2.33. The topological polar surface area (TPSA) is 32.3 Å². The Morgan fingerprint density at radius 2 is 2.17 bits per heavy atom. The molecule has 1 N–H and O–H groups in total. The second kappa shape index (κ2) is 6.21. The van der Waals surface area contributed by atoms with E-state index in [1.807, 2.05) is 12.1 Å². The number of benzene rings is 1. The normalized spacial score (nSPS) is 17.7. The van der Waals surface area contributed by atoms with Gasteiger partial charge in [-0.05, 0) is 51.1 Å². The molecule has 0 aliphatic carbocycles. The lowest BCUT2D eigenvalue weighted by atomic mass is 10.2. The van der Waals surface area contributed by atoms with Gasteiger partial charge in [0.1, 0.15) is 0 Å². The third-order valence-corrected chi connectivity index (χ3v) is 3.59. The highest BCUT2D eigenvalue weighted by atomic mass is 35.5. The van der Waals surface area contributed by atoms with Gasteiger partial charge < -0.3 is 10.2 Å². The number of carbonyl (C=O) groups is 1. The predicted molar refractivity (Wildman–Crippen MR) is 75.0 cm³/mol. The van der Waals surface area contributed by atoms with E-state index in [4.69, 9.17) is 11.6 Å². The molecule has 0 saturated carbocycles. The van der Waals surface area contributed by atoms with Gasteiger partial charge in [0.25, 0.3) is 0 Å². The lowest BCUT2D eigenvalue weighted by molar-refractivity contribution is -0.117. The number of halogens is 1. The SMILES string of the molecule is C[C@@H](CC(=O)Nc1cccc(Cl)c1)N1CCCC1. The van der Waals surface area contributed by atoms with Crippen LogP contribution in [-0.4, -0.2) is 29.9 Å². The summed E-state index contributed by atoms with van der Waals surface area (Å²) >= 11 is 5.88. The molecule has 4 heteroatoms. The highest BCUT2D eigenvalue weighted by Gasteiger charge is 2.20.